The van der Waals surface area contributed by atoms with Crippen molar-refractivity contribution in [3.8, 4) is 11.3 Å². The van der Waals surface area contributed by atoms with Gasteiger partial charge in [0, 0.05) is 17.5 Å². The summed E-state index contributed by atoms with van der Waals surface area (Å²) in [4.78, 5) is 4.60. The van der Waals surface area contributed by atoms with Crippen molar-refractivity contribution in [1.82, 2.24) is 9.55 Å². The SMILES string of the molecule is Cc1ccc(F)c(-c2nc(C(C)C)n(C(C)C)c2N)c1. The molecule has 2 aromatic rings. The van der Waals surface area contributed by atoms with Crippen LogP contribution in [0.4, 0.5) is 10.2 Å². The lowest BCUT2D eigenvalue weighted by atomic mass is 10.1. The Hall–Kier alpha value is -1.84. The first-order chi connectivity index (χ1) is 9.32. The van der Waals surface area contributed by atoms with E-state index in [1.54, 1.807) is 12.1 Å². The minimum absolute atomic E-state index is 0.196. The quantitative estimate of drug-likeness (QED) is 0.908. The molecule has 0 atom stereocenters. The Morgan fingerprint density at radius 3 is 2.35 bits per heavy atom. The van der Waals surface area contributed by atoms with E-state index in [4.69, 9.17) is 5.73 Å². The van der Waals surface area contributed by atoms with Gasteiger partial charge in [0.25, 0.3) is 0 Å². The summed E-state index contributed by atoms with van der Waals surface area (Å²) in [5, 5.41) is 0. The fourth-order valence-electron chi connectivity index (χ4n) is 2.43. The van der Waals surface area contributed by atoms with Crippen LogP contribution in [0.15, 0.2) is 18.2 Å². The number of nitrogens with two attached hydrogens (primary N) is 1. The molecule has 0 spiro atoms. The van der Waals surface area contributed by atoms with Gasteiger partial charge >= 0.3 is 0 Å². The van der Waals surface area contributed by atoms with E-state index in [0.717, 1.165) is 11.4 Å². The molecular weight excluding hydrogens is 253 g/mol. The minimum Gasteiger partial charge on any atom is -0.383 e. The van der Waals surface area contributed by atoms with E-state index < -0.39 is 0 Å². The van der Waals surface area contributed by atoms with Gasteiger partial charge in [0.1, 0.15) is 23.2 Å². The molecule has 3 nitrogen and oxygen atoms in total. The van der Waals surface area contributed by atoms with Gasteiger partial charge in [0.2, 0.25) is 0 Å². The standard InChI is InChI=1S/C16H22FN3/c1-9(2)16-19-14(15(18)20(16)10(3)4)12-8-11(5)6-7-13(12)17/h6-10H,18H2,1-5H3. The maximum Gasteiger partial charge on any atom is 0.132 e. The van der Waals surface area contributed by atoms with E-state index in [1.807, 2.05) is 11.5 Å². The molecule has 0 aliphatic carbocycles. The first kappa shape index (κ1) is 14.6. The predicted molar refractivity (Wildman–Crippen MR) is 81.2 cm³/mol. The minimum atomic E-state index is -0.286. The summed E-state index contributed by atoms with van der Waals surface area (Å²) in [5.74, 6) is 1.38. The van der Waals surface area contributed by atoms with Crippen LogP contribution in [-0.4, -0.2) is 9.55 Å². The van der Waals surface area contributed by atoms with Crippen LogP contribution in [0.3, 0.4) is 0 Å². The Labute approximate surface area is 119 Å². The Balaban J connectivity index is 2.69. The molecule has 4 heteroatoms. The Morgan fingerprint density at radius 1 is 1.20 bits per heavy atom. The second kappa shape index (κ2) is 5.27. The Kier molecular flexibility index (Phi) is 3.84. The lowest BCUT2D eigenvalue weighted by Gasteiger charge is -2.15. The van der Waals surface area contributed by atoms with E-state index in [9.17, 15) is 4.39 Å². The molecule has 0 saturated carbocycles. The molecule has 1 aromatic heterocycles. The van der Waals surface area contributed by atoms with Crippen molar-refractivity contribution < 1.29 is 4.39 Å². The number of benzene rings is 1. The van der Waals surface area contributed by atoms with Crippen molar-refractivity contribution in [3.05, 3.63) is 35.4 Å². The lowest BCUT2D eigenvalue weighted by molar-refractivity contribution is 0.556. The fourth-order valence-corrected chi connectivity index (χ4v) is 2.43. The number of imidazole rings is 1. The van der Waals surface area contributed by atoms with Gasteiger partial charge in [-0.05, 0) is 32.9 Å². The van der Waals surface area contributed by atoms with Crippen LogP contribution in [0.2, 0.25) is 0 Å². The molecule has 0 bridgehead atoms. The predicted octanol–water partition coefficient (Wildman–Crippen LogP) is 4.28. The summed E-state index contributed by atoms with van der Waals surface area (Å²) in [6.45, 7) is 10.2. The third-order valence-corrected chi connectivity index (χ3v) is 3.39. The molecule has 1 heterocycles. The van der Waals surface area contributed by atoms with Crippen LogP contribution in [0.1, 0.15) is 51.0 Å². The van der Waals surface area contributed by atoms with Crippen LogP contribution < -0.4 is 5.73 Å². The van der Waals surface area contributed by atoms with Crippen molar-refractivity contribution >= 4 is 5.82 Å². The largest absolute Gasteiger partial charge is 0.383 e. The number of halogens is 1. The van der Waals surface area contributed by atoms with Gasteiger partial charge in [-0.2, -0.15) is 0 Å². The lowest BCUT2D eigenvalue weighted by Crippen LogP contribution is -2.10. The first-order valence-electron chi connectivity index (χ1n) is 6.97. The smallest absolute Gasteiger partial charge is 0.132 e. The average molecular weight is 275 g/mol. The van der Waals surface area contributed by atoms with Crippen molar-refractivity contribution in [2.75, 3.05) is 5.73 Å². The molecule has 0 amide bonds. The van der Waals surface area contributed by atoms with Crippen molar-refractivity contribution in [3.63, 3.8) is 0 Å². The van der Waals surface area contributed by atoms with Crippen molar-refractivity contribution in [2.24, 2.45) is 0 Å². The second-order valence-corrected chi connectivity index (χ2v) is 5.81. The molecule has 20 heavy (non-hydrogen) atoms. The van der Waals surface area contributed by atoms with E-state index in [1.165, 1.54) is 6.07 Å². The van der Waals surface area contributed by atoms with Gasteiger partial charge in [-0.15, -0.1) is 0 Å². The molecule has 0 radical (unpaired) electrons. The molecule has 0 fully saturated rings. The first-order valence-corrected chi connectivity index (χ1v) is 6.97. The van der Waals surface area contributed by atoms with Crippen LogP contribution in [0.25, 0.3) is 11.3 Å². The van der Waals surface area contributed by atoms with Gasteiger partial charge < -0.3 is 10.3 Å². The number of aryl methyl sites for hydroxylation is 1. The van der Waals surface area contributed by atoms with Gasteiger partial charge in [-0.25, -0.2) is 9.37 Å². The highest BCUT2D eigenvalue weighted by Crippen LogP contribution is 2.33. The van der Waals surface area contributed by atoms with Gasteiger partial charge in [-0.3, -0.25) is 0 Å². The highest BCUT2D eigenvalue weighted by atomic mass is 19.1. The Bertz CT molecular complexity index is 627. The fraction of sp³-hybridized carbons (Fsp3) is 0.438. The third-order valence-electron chi connectivity index (χ3n) is 3.39. The Morgan fingerprint density at radius 2 is 1.85 bits per heavy atom. The summed E-state index contributed by atoms with van der Waals surface area (Å²) in [6, 6.07) is 5.20. The molecule has 108 valence electrons. The number of anilines is 1. The summed E-state index contributed by atoms with van der Waals surface area (Å²) >= 11 is 0. The highest BCUT2D eigenvalue weighted by Gasteiger charge is 2.21. The maximum atomic E-state index is 14.1. The van der Waals surface area contributed by atoms with E-state index in [0.29, 0.717) is 17.1 Å². The highest BCUT2D eigenvalue weighted by molar-refractivity contribution is 5.72. The average Bonchev–Trinajstić information content (AvgIpc) is 2.70. The molecule has 0 aliphatic rings. The zero-order valence-corrected chi connectivity index (χ0v) is 12.7. The van der Waals surface area contributed by atoms with Gasteiger partial charge in [0.05, 0.1) is 0 Å². The van der Waals surface area contributed by atoms with Crippen LogP contribution in [0.5, 0.6) is 0 Å². The third kappa shape index (κ3) is 2.42. The molecule has 0 saturated heterocycles. The number of rotatable bonds is 3. The molecule has 2 rings (SSSR count). The van der Waals surface area contributed by atoms with E-state index in [2.05, 4.69) is 32.7 Å². The van der Waals surface area contributed by atoms with E-state index in [-0.39, 0.29) is 17.8 Å². The zero-order valence-electron chi connectivity index (χ0n) is 12.7. The molecule has 2 N–H and O–H groups in total. The zero-order chi connectivity index (χ0) is 15.0. The van der Waals surface area contributed by atoms with Crippen LogP contribution in [-0.2, 0) is 0 Å². The number of nitrogens with zero attached hydrogens (tertiary/aromatic N) is 2. The topological polar surface area (TPSA) is 43.8 Å². The molecule has 0 aliphatic heterocycles. The summed E-state index contributed by atoms with van der Waals surface area (Å²) in [5.41, 5.74) is 8.24. The summed E-state index contributed by atoms with van der Waals surface area (Å²) in [7, 11) is 0. The number of hydrogen-bond donors (Lipinski definition) is 1. The number of hydrogen-bond acceptors (Lipinski definition) is 2. The van der Waals surface area contributed by atoms with Gasteiger partial charge in [-0.1, -0.05) is 25.5 Å². The monoisotopic (exact) mass is 275 g/mol. The van der Waals surface area contributed by atoms with Crippen molar-refractivity contribution in [2.45, 2.75) is 46.6 Å². The summed E-state index contributed by atoms with van der Waals surface area (Å²) in [6.07, 6.45) is 0. The number of aromatic nitrogens is 2. The van der Waals surface area contributed by atoms with Gasteiger partial charge in [0.15, 0.2) is 0 Å². The van der Waals surface area contributed by atoms with Crippen LogP contribution >= 0.6 is 0 Å². The number of nitrogen functional groups attached to an aromatic ring is 1. The molecular formula is C16H22FN3. The van der Waals surface area contributed by atoms with Crippen LogP contribution in [0, 0.1) is 12.7 Å². The maximum absolute atomic E-state index is 14.1. The van der Waals surface area contributed by atoms with Crippen molar-refractivity contribution in [1.29, 1.82) is 0 Å². The molecule has 1 aromatic carbocycles. The summed E-state index contributed by atoms with van der Waals surface area (Å²) < 4.78 is 16.1. The van der Waals surface area contributed by atoms with E-state index >= 15 is 0 Å². The molecule has 0 unspecified atom stereocenters. The second-order valence-electron chi connectivity index (χ2n) is 5.81. The normalized spacial score (nSPS) is 11.6.